The van der Waals surface area contributed by atoms with Crippen LogP contribution in [0.3, 0.4) is 0 Å². The molecule has 2 N–H and O–H groups in total. The van der Waals surface area contributed by atoms with E-state index < -0.39 is 0 Å². The van der Waals surface area contributed by atoms with Gasteiger partial charge in [0.15, 0.2) is 23.0 Å². The summed E-state index contributed by atoms with van der Waals surface area (Å²) in [4.78, 5) is 5.04. The Kier molecular flexibility index (Phi) is 6.34. The number of halogens is 1. The molecule has 5 rings (SSSR count). The first-order chi connectivity index (χ1) is 16.6. The molecule has 8 heteroatoms. The van der Waals surface area contributed by atoms with Crippen molar-refractivity contribution in [3.05, 3.63) is 75.8 Å². The summed E-state index contributed by atoms with van der Waals surface area (Å²) in [7, 11) is 1.64. The number of ether oxygens (including phenoxy) is 4. The van der Waals surface area contributed by atoms with Crippen molar-refractivity contribution in [3.63, 3.8) is 0 Å². The molecular formula is C26H25BrN2O5. The second-order valence-corrected chi connectivity index (χ2v) is 8.85. The normalized spacial score (nSPS) is 19.0. The predicted octanol–water partition coefficient (Wildman–Crippen LogP) is 5.51. The third-order valence-electron chi connectivity index (χ3n) is 5.94. The molecule has 7 nitrogen and oxygen atoms in total. The van der Waals surface area contributed by atoms with E-state index in [1.54, 1.807) is 13.2 Å². The maximum atomic E-state index is 11.0. The SMILES string of the molecule is CCOc1cccc([C@@H]2CC(c3ccc4c(c3)OCO4)=N[C@@H](c3ccc(OC)c(Br)c3)N2)c1O. The van der Waals surface area contributed by atoms with Gasteiger partial charge in [0.25, 0.3) is 0 Å². The van der Waals surface area contributed by atoms with Crippen molar-refractivity contribution in [2.45, 2.75) is 25.6 Å². The van der Waals surface area contributed by atoms with E-state index in [4.69, 9.17) is 23.9 Å². The van der Waals surface area contributed by atoms with Gasteiger partial charge in [-0.3, -0.25) is 10.3 Å². The van der Waals surface area contributed by atoms with Crippen LogP contribution in [0.5, 0.6) is 28.7 Å². The fourth-order valence-electron chi connectivity index (χ4n) is 4.27. The van der Waals surface area contributed by atoms with Crippen molar-refractivity contribution in [1.29, 1.82) is 0 Å². The third-order valence-corrected chi connectivity index (χ3v) is 6.56. The number of rotatable bonds is 6. The third kappa shape index (κ3) is 4.31. The quantitative estimate of drug-likeness (QED) is 0.442. The van der Waals surface area contributed by atoms with Gasteiger partial charge in [0.2, 0.25) is 6.79 Å². The summed E-state index contributed by atoms with van der Waals surface area (Å²) in [6, 6.07) is 17.1. The van der Waals surface area contributed by atoms with E-state index in [0.717, 1.165) is 38.4 Å². The molecule has 176 valence electrons. The Bertz CT molecular complexity index is 1250. The number of phenolic OH excluding ortho intramolecular Hbond substituents is 1. The fourth-order valence-corrected chi connectivity index (χ4v) is 4.83. The number of nitrogens with one attached hydrogen (secondary N) is 1. The van der Waals surface area contributed by atoms with Crippen molar-refractivity contribution in [2.75, 3.05) is 20.5 Å². The monoisotopic (exact) mass is 524 g/mol. The van der Waals surface area contributed by atoms with Crippen LogP contribution in [-0.4, -0.2) is 31.3 Å². The maximum Gasteiger partial charge on any atom is 0.231 e. The van der Waals surface area contributed by atoms with Gasteiger partial charge in [-0.2, -0.15) is 0 Å². The summed E-state index contributed by atoms with van der Waals surface area (Å²) in [5.41, 5.74) is 3.58. The van der Waals surface area contributed by atoms with E-state index >= 15 is 0 Å². The smallest absolute Gasteiger partial charge is 0.231 e. The molecule has 0 unspecified atom stereocenters. The second-order valence-electron chi connectivity index (χ2n) is 7.99. The molecule has 34 heavy (non-hydrogen) atoms. The highest BCUT2D eigenvalue weighted by Crippen LogP contribution is 2.41. The number of aromatic hydroxyl groups is 1. The second kappa shape index (κ2) is 9.56. The number of hydrogen-bond acceptors (Lipinski definition) is 7. The van der Waals surface area contributed by atoms with Crippen LogP contribution in [0, 0.1) is 0 Å². The summed E-state index contributed by atoms with van der Waals surface area (Å²) >= 11 is 3.58. The minimum atomic E-state index is -0.337. The zero-order valence-corrected chi connectivity index (χ0v) is 20.5. The Morgan fingerprint density at radius 3 is 2.74 bits per heavy atom. The minimum absolute atomic E-state index is 0.142. The van der Waals surface area contributed by atoms with Crippen LogP contribution in [0.2, 0.25) is 0 Å². The Balaban J connectivity index is 1.56. The number of nitrogens with zero attached hydrogens (tertiary/aromatic N) is 1. The summed E-state index contributed by atoms with van der Waals surface area (Å²) in [5, 5.41) is 14.6. The maximum absolute atomic E-state index is 11.0. The summed E-state index contributed by atoms with van der Waals surface area (Å²) < 4.78 is 22.9. The molecule has 0 radical (unpaired) electrons. The van der Waals surface area contributed by atoms with Crippen LogP contribution < -0.4 is 24.3 Å². The van der Waals surface area contributed by atoms with Crippen LogP contribution in [0.4, 0.5) is 0 Å². The molecule has 0 bridgehead atoms. The number of fused-ring (bicyclic) bond motifs is 1. The average Bonchev–Trinajstić information content (AvgIpc) is 3.33. The van der Waals surface area contributed by atoms with Crippen LogP contribution in [0.25, 0.3) is 0 Å². The highest BCUT2D eigenvalue weighted by Gasteiger charge is 2.29. The van der Waals surface area contributed by atoms with Crippen molar-refractivity contribution in [2.24, 2.45) is 4.99 Å². The zero-order chi connectivity index (χ0) is 23.7. The van der Waals surface area contributed by atoms with Gasteiger partial charge in [-0.15, -0.1) is 0 Å². The molecular weight excluding hydrogens is 500 g/mol. The van der Waals surface area contributed by atoms with Crippen molar-refractivity contribution >= 4 is 21.6 Å². The number of para-hydroxylation sites is 1. The first-order valence-corrected chi connectivity index (χ1v) is 11.9. The standard InChI is InChI=1S/C26H25BrN2O5/c1-3-32-23-6-4-5-17(25(23)30)20-13-19(15-7-10-22-24(12-15)34-14-33-22)28-26(29-20)16-8-9-21(31-2)18(27)11-16/h4-12,20,26,29-30H,3,13-14H2,1-2H3/t20-,26+/m0/s1. The number of methoxy groups -OCH3 is 1. The summed E-state index contributed by atoms with van der Waals surface area (Å²) in [5.74, 6) is 2.80. The Hall–Kier alpha value is -3.23. The van der Waals surface area contributed by atoms with Gasteiger partial charge in [0.05, 0.1) is 18.2 Å². The highest BCUT2D eigenvalue weighted by molar-refractivity contribution is 9.10. The van der Waals surface area contributed by atoms with Crippen LogP contribution in [0.15, 0.2) is 64.1 Å². The van der Waals surface area contributed by atoms with Crippen molar-refractivity contribution in [3.8, 4) is 28.7 Å². The van der Waals surface area contributed by atoms with E-state index in [-0.39, 0.29) is 24.8 Å². The number of benzene rings is 3. The summed E-state index contributed by atoms with van der Waals surface area (Å²) in [6.45, 7) is 2.59. The Labute approximate surface area is 206 Å². The van der Waals surface area contributed by atoms with E-state index in [9.17, 15) is 5.11 Å². The molecule has 0 aliphatic carbocycles. The molecule has 0 fully saturated rings. The van der Waals surface area contributed by atoms with E-state index in [1.165, 1.54) is 0 Å². The number of hydrogen-bond donors (Lipinski definition) is 2. The lowest BCUT2D eigenvalue weighted by Gasteiger charge is -2.31. The van der Waals surface area contributed by atoms with Crippen molar-refractivity contribution in [1.82, 2.24) is 5.32 Å². The lowest BCUT2D eigenvalue weighted by atomic mass is 9.93. The van der Waals surface area contributed by atoms with Crippen LogP contribution >= 0.6 is 15.9 Å². The Morgan fingerprint density at radius 2 is 1.94 bits per heavy atom. The number of aliphatic imine (C=N–C) groups is 1. The first kappa shape index (κ1) is 22.6. The van der Waals surface area contributed by atoms with Gasteiger partial charge in [-0.05, 0) is 70.4 Å². The molecule has 2 aliphatic heterocycles. The first-order valence-electron chi connectivity index (χ1n) is 11.1. The molecule has 2 atom stereocenters. The van der Waals surface area contributed by atoms with Gasteiger partial charge in [0, 0.05) is 23.7 Å². The van der Waals surface area contributed by atoms with E-state index in [1.807, 2.05) is 55.5 Å². The number of phenols is 1. The molecule has 2 heterocycles. The van der Waals surface area contributed by atoms with Gasteiger partial charge in [-0.25, -0.2) is 0 Å². The minimum Gasteiger partial charge on any atom is -0.504 e. The average molecular weight is 525 g/mol. The largest absolute Gasteiger partial charge is 0.504 e. The summed E-state index contributed by atoms with van der Waals surface area (Å²) in [6.07, 6.45) is 0.243. The molecule has 3 aromatic rings. The topological polar surface area (TPSA) is 81.5 Å². The highest BCUT2D eigenvalue weighted by atomic mass is 79.9. The van der Waals surface area contributed by atoms with Crippen molar-refractivity contribution < 1.29 is 24.1 Å². The molecule has 3 aromatic carbocycles. The van der Waals surface area contributed by atoms with Crippen LogP contribution in [0.1, 0.15) is 42.2 Å². The Morgan fingerprint density at radius 1 is 1.09 bits per heavy atom. The van der Waals surface area contributed by atoms with Gasteiger partial charge in [-0.1, -0.05) is 18.2 Å². The lowest BCUT2D eigenvalue weighted by Crippen LogP contribution is -2.33. The molecule has 2 aliphatic rings. The molecule has 0 amide bonds. The lowest BCUT2D eigenvalue weighted by molar-refractivity contribution is 0.174. The zero-order valence-electron chi connectivity index (χ0n) is 18.9. The van der Waals surface area contributed by atoms with Gasteiger partial charge >= 0.3 is 0 Å². The van der Waals surface area contributed by atoms with E-state index in [2.05, 4.69) is 21.2 Å². The fraction of sp³-hybridized carbons (Fsp3) is 0.269. The van der Waals surface area contributed by atoms with Crippen LogP contribution in [-0.2, 0) is 0 Å². The molecule has 0 saturated heterocycles. The molecule has 0 aromatic heterocycles. The van der Waals surface area contributed by atoms with Gasteiger partial charge < -0.3 is 24.1 Å². The van der Waals surface area contributed by atoms with Gasteiger partial charge in [0.1, 0.15) is 11.9 Å². The molecule has 0 spiro atoms. The molecule has 0 saturated carbocycles. The van der Waals surface area contributed by atoms with E-state index in [0.29, 0.717) is 24.5 Å². The predicted molar refractivity (Wildman–Crippen MR) is 132 cm³/mol.